The first-order valence-corrected chi connectivity index (χ1v) is 10.9. The number of thiazole rings is 1. The summed E-state index contributed by atoms with van der Waals surface area (Å²) in [4.78, 5) is 36.8. The van der Waals surface area contributed by atoms with E-state index in [2.05, 4.69) is 20.3 Å². The van der Waals surface area contributed by atoms with E-state index in [4.69, 9.17) is 9.47 Å². The molecule has 1 amide bonds. The summed E-state index contributed by atoms with van der Waals surface area (Å²) < 4.78 is 11.3. The average Bonchev–Trinajstić information content (AvgIpc) is 3.45. The molecular formula is C24H18N4O4S. The second kappa shape index (κ2) is 8.71. The number of aromatic amines is 1. The number of nitrogens with zero attached hydrogens (tertiary/aromatic N) is 2. The molecule has 0 spiro atoms. The van der Waals surface area contributed by atoms with Crippen LogP contribution in [0.1, 0.15) is 10.4 Å². The van der Waals surface area contributed by atoms with Gasteiger partial charge in [0, 0.05) is 5.56 Å². The number of imidazole rings is 1. The Kier molecular flexibility index (Phi) is 5.45. The van der Waals surface area contributed by atoms with Crippen LogP contribution in [0.5, 0.6) is 5.75 Å². The van der Waals surface area contributed by atoms with E-state index in [1.807, 2.05) is 48.5 Å². The molecule has 9 heteroatoms. The van der Waals surface area contributed by atoms with Gasteiger partial charge < -0.3 is 14.5 Å². The van der Waals surface area contributed by atoms with Crippen molar-refractivity contribution in [2.45, 2.75) is 0 Å². The lowest BCUT2D eigenvalue weighted by molar-refractivity contribution is -0.119. The van der Waals surface area contributed by atoms with Crippen LogP contribution < -0.4 is 10.1 Å². The summed E-state index contributed by atoms with van der Waals surface area (Å²) in [5.41, 5.74) is 3.42. The van der Waals surface area contributed by atoms with Gasteiger partial charge in [-0.2, -0.15) is 0 Å². The summed E-state index contributed by atoms with van der Waals surface area (Å²) in [5.74, 6) is 0.379. The number of ether oxygens (including phenoxy) is 2. The molecule has 2 N–H and O–H groups in total. The molecule has 0 fully saturated rings. The zero-order valence-corrected chi connectivity index (χ0v) is 18.3. The number of nitrogens with one attached hydrogen (secondary N) is 2. The van der Waals surface area contributed by atoms with E-state index in [0.29, 0.717) is 27.6 Å². The van der Waals surface area contributed by atoms with Crippen LogP contribution in [-0.2, 0) is 9.53 Å². The Hall–Kier alpha value is -4.24. The SMILES string of the molecule is COc1ccc(-c2nc3ccc(C(=O)OCC(=O)Nc4nc5ccccc5s4)cc3[nH]2)cc1. The van der Waals surface area contributed by atoms with Crippen molar-refractivity contribution >= 4 is 49.6 Å². The number of methoxy groups -OCH3 is 1. The van der Waals surface area contributed by atoms with E-state index >= 15 is 0 Å². The van der Waals surface area contributed by atoms with Crippen LogP contribution in [-0.4, -0.2) is 40.5 Å². The van der Waals surface area contributed by atoms with Crippen molar-refractivity contribution in [2.24, 2.45) is 0 Å². The highest BCUT2D eigenvalue weighted by molar-refractivity contribution is 7.22. The van der Waals surface area contributed by atoms with Gasteiger partial charge in [0.1, 0.15) is 11.6 Å². The van der Waals surface area contributed by atoms with Crippen LogP contribution in [0.2, 0.25) is 0 Å². The molecule has 3 aromatic carbocycles. The predicted molar refractivity (Wildman–Crippen MR) is 127 cm³/mol. The van der Waals surface area contributed by atoms with E-state index in [9.17, 15) is 9.59 Å². The highest BCUT2D eigenvalue weighted by atomic mass is 32.1. The maximum absolute atomic E-state index is 12.5. The third kappa shape index (κ3) is 4.39. The molecule has 164 valence electrons. The van der Waals surface area contributed by atoms with Crippen molar-refractivity contribution in [3.05, 3.63) is 72.3 Å². The Morgan fingerprint density at radius 1 is 1.00 bits per heavy atom. The van der Waals surface area contributed by atoms with Crippen molar-refractivity contribution in [1.29, 1.82) is 0 Å². The van der Waals surface area contributed by atoms with Crippen molar-refractivity contribution in [1.82, 2.24) is 15.0 Å². The number of fused-ring (bicyclic) bond motifs is 2. The van der Waals surface area contributed by atoms with Gasteiger partial charge in [0.25, 0.3) is 5.91 Å². The molecule has 0 aliphatic carbocycles. The van der Waals surface area contributed by atoms with Crippen LogP contribution in [0, 0.1) is 0 Å². The predicted octanol–water partition coefficient (Wildman–Crippen LogP) is 4.64. The lowest BCUT2D eigenvalue weighted by atomic mass is 10.2. The van der Waals surface area contributed by atoms with Gasteiger partial charge in [-0.3, -0.25) is 10.1 Å². The number of rotatable bonds is 6. The van der Waals surface area contributed by atoms with Gasteiger partial charge >= 0.3 is 5.97 Å². The molecule has 0 aliphatic heterocycles. The molecule has 0 bridgehead atoms. The van der Waals surface area contributed by atoms with Crippen LogP contribution in [0.3, 0.4) is 0 Å². The van der Waals surface area contributed by atoms with E-state index < -0.39 is 18.5 Å². The Labute approximate surface area is 192 Å². The summed E-state index contributed by atoms with van der Waals surface area (Å²) in [6, 6.07) is 20.1. The molecule has 2 heterocycles. The summed E-state index contributed by atoms with van der Waals surface area (Å²) in [5, 5.41) is 3.12. The van der Waals surface area contributed by atoms with Gasteiger partial charge in [-0.05, 0) is 54.6 Å². The Morgan fingerprint density at radius 3 is 2.61 bits per heavy atom. The molecule has 5 rings (SSSR count). The normalized spacial score (nSPS) is 10.9. The summed E-state index contributed by atoms with van der Waals surface area (Å²) in [6.45, 7) is -0.410. The third-order valence-corrected chi connectivity index (χ3v) is 5.91. The fraction of sp³-hybridized carbons (Fsp3) is 0.0833. The van der Waals surface area contributed by atoms with Gasteiger partial charge in [0.15, 0.2) is 11.7 Å². The standard InChI is InChI=1S/C24H18N4O4S/c1-31-16-9-6-14(7-10-16)22-25-17-11-8-15(12-19(17)26-22)23(30)32-13-21(29)28-24-27-18-4-2-3-5-20(18)33-24/h2-12H,13H2,1H3,(H,25,26)(H,27,28,29). The molecule has 8 nitrogen and oxygen atoms in total. The van der Waals surface area contributed by atoms with E-state index in [1.54, 1.807) is 25.3 Å². The number of hydrogen-bond donors (Lipinski definition) is 2. The van der Waals surface area contributed by atoms with Gasteiger partial charge in [-0.25, -0.2) is 14.8 Å². The first-order valence-electron chi connectivity index (χ1n) is 10.1. The summed E-state index contributed by atoms with van der Waals surface area (Å²) in [6.07, 6.45) is 0. The highest BCUT2D eigenvalue weighted by Gasteiger charge is 2.14. The maximum atomic E-state index is 12.5. The number of benzene rings is 3. The molecule has 2 aromatic heterocycles. The number of carbonyl (C=O) groups is 2. The Balaban J connectivity index is 1.24. The fourth-order valence-corrected chi connectivity index (χ4v) is 4.20. The summed E-state index contributed by atoms with van der Waals surface area (Å²) in [7, 11) is 1.61. The lowest BCUT2D eigenvalue weighted by Crippen LogP contribution is -2.20. The highest BCUT2D eigenvalue weighted by Crippen LogP contribution is 2.26. The number of H-pyrrole nitrogens is 1. The number of carbonyl (C=O) groups excluding carboxylic acids is 2. The third-order valence-electron chi connectivity index (χ3n) is 4.96. The molecule has 33 heavy (non-hydrogen) atoms. The molecule has 0 radical (unpaired) electrons. The molecule has 5 aromatic rings. The largest absolute Gasteiger partial charge is 0.497 e. The van der Waals surface area contributed by atoms with Crippen molar-refractivity contribution in [3.8, 4) is 17.1 Å². The molecular weight excluding hydrogens is 440 g/mol. The first-order chi connectivity index (χ1) is 16.1. The monoisotopic (exact) mass is 458 g/mol. The summed E-state index contributed by atoms with van der Waals surface area (Å²) >= 11 is 1.36. The van der Waals surface area contributed by atoms with Crippen LogP contribution in [0.25, 0.3) is 32.6 Å². The zero-order chi connectivity index (χ0) is 22.8. The number of amides is 1. The lowest BCUT2D eigenvalue weighted by Gasteiger charge is -2.04. The number of esters is 1. The van der Waals surface area contributed by atoms with Gasteiger partial charge in [0.2, 0.25) is 0 Å². The number of hydrogen-bond acceptors (Lipinski definition) is 7. The zero-order valence-electron chi connectivity index (χ0n) is 17.5. The topological polar surface area (TPSA) is 106 Å². The van der Waals surface area contributed by atoms with Crippen molar-refractivity contribution in [3.63, 3.8) is 0 Å². The molecule has 0 unspecified atom stereocenters. The Morgan fingerprint density at radius 2 is 1.82 bits per heavy atom. The smallest absolute Gasteiger partial charge is 0.338 e. The molecule has 0 aliphatic rings. The minimum absolute atomic E-state index is 0.320. The minimum atomic E-state index is -0.600. The van der Waals surface area contributed by atoms with E-state index in [-0.39, 0.29) is 0 Å². The van der Waals surface area contributed by atoms with Crippen LogP contribution >= 0.6 is 11.3 Å². The second-order valence-electron chi connectivity index (χ2n) is 7.16. The van der Waals surface area contributed by atoms with E-state index in [1.165, 1.54) is 11.3 Å². The van der Waals surface area contributed by atoms with Crippen LogP contribution in [0.4, 0.5) is 5.13 Å². The number of para-hydroxylation sites is 1. The van der Waals surface area contributed by atoms with Gasteiger partial charge in [0.05, 0.1) is 33.9 Å². The first kappa shape index (κ1) is 20.7. The van der Waals surface area contributed by atoms with Crippen molar-refractivity contribution < 1.29 is 19.1 Å². The van der Waals surface area contributed by atoms with Gasteiger partial charge in [-0.1, -0.05) is 23.5 Å². The van der Waals surface area contributed by atoms with Gasteiger partial charge in [-0.15, -0.1) is 0 Å². The number of aromatic nitrogens is 3. The molecule has 0 saturated carbocycles. The molecule has 0 saturated heterocycles. The van der Waals surface area contributed by atoms with Crippen LogP contribution in [0.15, 0.2) is 66.7 Å². The maximum Gasteiger partial charge on any atom is 0.338 e. The average molecular weight is 458 g/mol. The second-order valence-corrected chi connectivity index (χ2v) is 8.19. The van der Waals surface area contributed by atoms with E-state index in [0.717, 1.165) is 21.5 Å². The van der Waals surface area contributed by atoms with Crippen molar-refractivity contribution in [2.75, 3.05) is 19.0 Å². The quantitative estimate of drug-likeness (QED) is 0.359. The molecule has 0 atom stereocenters. The number of anilines is 1. The fourth-order valence-electron chi connectivity index (χ4n) is 3.32. The minimum Gasteiger partial charge on any atom is -0.497 e. The Bertz CT molecular complexity index is 1440.